The molecule has 24 heavy (non-hydrogen) atoms. The van der Waals surface area contributed by atoms with Crippen LogP contribution < -0.4 is 5.32 Å². The summed E-state index contributed by atoms with van der Waals surface area (Å²) in [5.74, 6) is 0.873. The fourth-order valence-corrected chi connectivity index (χ4v) is 2.55. The zero-order valence-electron chi connectivity index (χ0n) is 12.8. The molecule has 6 nitrogen and oxygen atoms in total. The first-order valence-corrected chi connectivity index (χ1v) is 8.11. The van der Waals surface area contributed by atoms with Gasteiger partial charge >= 0.3 is 0 Å². The highest BCUT2D eigenvalue weighted by atomic mass is 35.5. The lowest BCUT2D eigenvalue weighted by molar-refractivity contribution is 0.0942. The Morgan fingerprint density at radius 1 is 1.29 bits per heavy atom. The molecule has 7 heteroatoms. The zero-order valence-corrected chi connectivity index (χ0v) is 13.5. The molecule has 0 unspecified atom stereocenters. The van der Waals surface area contributed by atoms with Crippen molar-refractivity contribution in [3.8, 4) is 11.5 Å². The normalized spacial score (nSPS) is 13.9. The average Bonchev–Trinajstić information content (AvgIpc) is 3.09. The second kappa shape index (κ2) is 6.13. The second-order valence-electron chi connectivity index (χ2n) is 5.79. The highest BCUT2D eigenvalue weighted by molar-refractivity contribution is 6.30. The van der Waals surface area contributed by atoms with Gasteiger partial charge in [-0.2, -0.15) is 4.98 Å². The molecule has 2 aromatic heterocycles. The number of hydrogen-bond acceptors (Lipinski definition) is 4. The maximum Gasteiger partial charge on any atom is 0.268 e. The number of nitrogens with one attached hydrogen (secondary N) is 1. The van der Waals surface area contributed by atoms with E-state index in [1.165, 1.54) is 0 Å². The predicted octanol–water partition coefficient (Wildman–Crippen LogP) is 3.13. The number of hydrogen-bond donors (Lipinski definition) is 1. The number of benzene rings is 1. The number of carbonyl (C=O) groups excluding carboxylic acids is 1. The standard InChI is InChI=1S/C17H15ClN4O2/c18-12-5-3-11(4-6-12)17-20-15(21-24-17)10-22-9-1-2-14(22)16(23)19-13-7-8-13/h1-6,9,13H,7-8,10H2,(H,19,23). The smallest absolute Gasteiger partial charge is 0.268 e. The molecule has 0 spiro atoms. The topological polar surface area (TPSA) is 73.0 Å². The van der Waals surface area contributed by atoms with E-state index in [2.05, 4.69) is 15.5 Å². The molecule has 1 N–H and O–H groups in total. The van der Waals surface area contributed by atoms with Gasteiger partial charge in [0, 0.05) is 22.8 Å². The van der Waals surface area contributed by atoms with Gasteiger partial charge in [0.1, 0.15) is 5.69 Å². The zero-order chi connectivity index (χ0) is 16.5. The molecule has 0 aliphatic heterocycles. The van der Waals surface area contributed by atoms with E-state index in [9.17, 15) is 4.79 Å². The van der Waals surface area contributed by atoms with Crippen molar-refractivity contribution in [2.24, 2.45) is 0 Å². The van der Waals surface area contributed by atoms with Crippen LogP contribution in [-0.4, -0.2) is 26.7 Å². The second-order valence-corrected chi connectivity index (χ2v) is 6.23. The average molecular weight is 343 g/mol. The van der Waals surface area contributed by atoms with E-state index in [-0.39, 0.29) is 5.91 Å². The van der Waals surface area contributed by atoms with Crippen molar-refractivity contribution in [3.63, 3.8) is 0 Å². The van der Waals surface area contributed by atoms with Crippen LogP contribution in [0.2, 0.25) is 5.02 Å². The summed E-state index contributed by atoms with van der Waals surface area (Å²) in [6.45, 7) is 0.373. The van der Waals surface area contributed by atoms with Gasteiger partial charge in [0.05, 0.1) is 6.54 Å². The third-order valence-electron chi connectivity index (χ3n) is 3.85. The van der Waals surface area contributed by atoms with Gasteiger partial charge in [0.2, 0.25) is 0 Å². The van der Waals surface area contributed by atoms with Crippen LogP contribution in [0.25, 0.3) is 11.5 Å². The maximum absolute atomic E-state index is 12.2. The molecule has 122 valence electrons. The predicted molar refractivity (Wildman–Crippen MR) is 88.8 cm³/mol. The molecule has 0 bridgehead atoms. The van der Waals surface area contributed by atoms with Gasteiger partial charge in [-0.05, 0) is 49.2 Å². The molecule has 1 saturated carbocycles. The number of aromatic nitrogens is 3. The van der Waals surface area contributed by atoms with Crippen molar-refractivity contribution in [1.82, 2.24) is 20.0 Å². The van der Waals surface area contributed by atoms with Crippen LogP contribution in [0, 0.1) is 0 Å². The first kappa shape index (κ1) is 15.0. The van der Waals surface area contributed by atoms with E-state index in [1.807, 2.05) is 29.0 Å². The van der Waals surface area contributed by atoms with Crippen molar-refractivity contribution >= 4 is 17.5 Å². The maximum atomic E-state index is 12.2. The minimum absolute atomic E-state index is 0.0658. The molecule has 1 amide bonds. The lowest BCUT2D eigenvalue weighted by atomic mass is 10.2. The van der Waals surface area contributed by atoms with Gasteiger partial charge in [-0.3, -0.25) is 4.79 Å². The van der Waals surface area contributed by atoms with Crippen LogP contribution in [0.1, 0.15) is 29.2 Å². The summed E-state index contributed by atoms with van der Waals surface area (Å²) in [6.07, 6.45) is 3.95. The Hall–Kier alpha value is -2.60. The largest absolute Gasteiger partial charge is 0.348 e. The lowest BCUT2D eigenvalue weighted by Gasteiger charge is -2.07. The summed E-state index contributed by atoms with van der Waals surface area (Å²) in [4.78, 5) is 16.6. The van der Waals surface area contributed by atoms with Crippen molar-refractivity contribution in [3.05, 3.63) is 59.1 Å². The van der Waals surface area contributed by atoms with E-state index in [4.69, 9.17) is 16.1 Å². The molecular formula is C17H15ClN4O2. The van der Waals surface area contributed by atoms with Gasteiger partial charge in [0.15, 0.2) is 5.82 Å². The fourth-order valence-electron chi connectivity index (χ4n) is 2.43. The summed E-state index contributed by atoms with van der Waals surface area (Å²) in [5, 5.41) is 7.62. The molecule has 1 aromatic carbocycles. The SMILES string of the molecule is O=C(NC1CC1)c1cccn1Cc1noc(-c2ccc(Cl)cc2)n1. The summed E-state index contributed by atoms with van der Waals surface area (Å²) in [7, 11) is 0. The molecule has 1 aliphatic carbocycles. The number of rotatable bonds is 5. The summed E-state index contributed by atoms with van der Waals surface area (Å²) in [6, 6.07) is 11.1. The van der Waals surface area contributed by atoms with Gasteiger partial charge in [-0.15, -0.1) is 0 Å². The Morgan fingerprint density at radius 3 is 2.83 bits per heavy atom. The third-order valence-corrected chi connectivity index (χ3v) is 4.10. The third kappa shape index (κ3) is 3.19. The fraction of sp³-hybridized carbons (Fsp3) is 0.235. The number of amides is 1. The lowest BCUT2D eigenvalue weighted by Crippen LogP contribution is -2.27. The van der Waals surface area contributed by atoms with Gasteiger partial charge < -0.3 is 14.4 Å². The molecule has 2 heterocycles. The van der Waals surface area contributed by atoms with E-state index in [1.54, 1.807) is 18.2 Å². The Balaban J connectivity index is 1.51. The van der Waals surface area contributed by atoms with Crippen LogP contribution in [0.3, 0.4) is 0 Å². The van der Waals surface area contributed by atoms with E-state index in [0.29, 0.717) is 35.0 Å². The van der Waals surface area contributed by atoms with Crippen molar-refractivity contribution in [2.45, 2.75) is 25.4 Å². The van der Waals surface area contributed by atoms with E-state index >= 15 is 0 Å². The molecule has 1 aliphatic rings. The van der Waals surface area contributed by atoms with Gasteiger partial charge in [0.25, 0.3) is 11.8 Å². The van der Waals surface area contributed by atoms with Crippen molar-refractivity contribution in [2.75, 3.05) is 0 Å². The quantitative estimate of drug-likeness (QED) is 0.773. The van der Waals surface area contributed by atoms with Crippen LogP contribution in [0.4, 0.5) is 0 Å². The van der Waals surface area contributed by atoms with Crippen LogP contribution in [0.5, 0.6) is 0 Å². The number of nitrogens with zero attached hydrogens (tertiary/aromatic N) is 3. The van der Waals surface area contributed by atoms with Crippen molar-refractivity contribution < 1.29 is 9.32 Å². The minimum atomic E-state index is -0.0658. The minimum Gasteiger partial charge on any atom is -0.348 e. The summed E-state index contributed by atoms with van der Waals surface area (Å²) in [5.41, 5.74) is 1.40. The summed E-state index contributed by atoms with van der Waals surface area (Å²) < 4.78 is 7.11. The first-order valence-electron chi connectivity index (χ1n) is 7.73. The van der Waals surface area contributed by atoms with Crippen molar-refractivity contribution in [1.29, 1.82) is 0 Å². The Morgan fingerprint density at radius 2 is 2.08 bits per heavy atom. The molecule has 0 radical (unpaired) electrons. The van der Waals surface area contributed by atoms with Gasteiger partial charge in [-0.1, -0.05) is 16.8 Å². The molecule has 1 fully saturated rings. The Bertz CT molecular complexity index is 865. The number of halogens is 1. The highest BCUT2D eigenvalue weighted by Gasteiger charge is 2.25. The molecule has 3 aromatic rings. The summed E-state index contributed by atoms with van der Waals surface area (Å²) >= 11 is 5.88. The number of carbonyl (C=O) groups is 1. The highest BCUT2D eigenvalue weighted by Crippen LogP contribution is 2.21. The van der Waals surface area contributed by atoms with Crippen LogP contribution in [-0.2, 0) is 6.54 Å². The Kier molecular flexibility index (Phi) is 3.82. The monoisotopic (exact) mass is 342 g/mol. The molecule has 0 saturated heterocycles. The van der Waals surface area contributed by atoms with Gasteiger partial charge in [-0.25, -0.2) is 0 Å². The van der Waals surface area contributed by atoms with E-state index < -0.39 is 0 Å². The Labute approximate surface area is 143 Å². The molecule has 0 atom stereocenters. The molecule has 4 rings (SSSR count). The van der Waals surface area contributed by atoms with Crippen LogP contribution >= 0.6 is 11.6 Å². The first-order chi connectivity index (χ1) is 11.7. The molecular weight excluding hydrogens is 328 g/mol. The van der Waals surface area contributed by atoms with E-state index in [0.717, 1.165) is 18.4 Å². The van der Waals surface area contributed by atoms with Crippen LogP contribution in [0.15, 0.2) is 47.1 Å².